The van der Waals surface area contributed by atoms with Crippen molar-refractivity contribution in [2.45, 2.75) is 58.2 Å². The minimum atomic E-state index is 0.0654. The number of aromatic nitrogens is 1. The highest BCUT2D eigenvalue weighted by Gasteiger charge is 2.16. The first-order chi connectivity index (χ1) is 9.03. The van der Waals surface area contributed by atoms with Crippen molar-refractivity contribution in [3.05, 3.63) is 12.0 Å². The Morgan fingerprint density at radius 2 is 2.26 bits per heavy atom. The average molecular weight is 268 g/mol. The first-order valence-electron chi connectivity index (χ1n) is 6.97. The topological polar surface area (TPSA) is 56.5 Å². The van der Waals surface area contributed by atoms with Gasteiger partial charge in [-0.1, -0.05) is 0 Å². The van der Waals surface area contributed by atoms with Crippen molar-refractivity contribution in [3.8, 4) is 6.08 Å². The van der Waals surface area contributed by atoms with Gasteiger partial charge in [0.05, 0.1) is 11.8 Å². The summed E-state index contributed by atoms with van der Waals surface area (Å²) in [4.78, 5) is 4.29. The molecule has 1 fully saturated rings. The predicted octanol–water partition coefficient (Wildman–Crippen LogP) is 2.51. The number of hydrogen-bond donors (Lipinski definition) is 1. The second-order valence-corrected chi connectivity index (χ2v) is 6.01. The molecule has 0 amide bonds. The smallest absolute Gasteiger partial charge is 0.393 e. The molecule has 1 aliphatic heterocycles. The molecule has 108 valence electrons. The standard InChI is InChI=1S/C14H24N2O3/c1-14(2,3)15-8-11-9-18-13(16-11)19-10-12-6-4-5-7-17-12/h9,12,15H,4-8,10H2,1-3H3. The minimum Gasteiger partial charge on any atom is -0.447 e. The SMILES string of the molecule is CC(C)(C)NCc1coc(OCC2CCCCO2)n1. The van der Waals surface area contributed by atoms with Crippen molar-refractivity contribution in [1.82, 2.24) is 10.3 Å². The zero-order valence-electron chi connectivity index (χ0n) is 12.1. The van der Waals surface area contributed by atoms with Gasteiger partial charge in [-0.3, -0.25) is 0 Å². The minimum absolute atomic E-state index is 0.0654. The van der Waals surface area contributed by atoms with Crippen molar-refractivity contribution in [2.24, 2.45) is 0 Å². The zero-order chi connectivity index (χ0) is 13.7. The summed E-state index contributed by atoms with van der Waals surface area (Å²) in [7, 11) is 0. The maximum Gasteiger partial charge on any atom is 0.393 e. The second kappa shape index (κ2) is 6.39. The quantitative estimate of drug-likeness (QED) is 0.889. The van der Waals surface area contributed by atoms with E-state index >= 15 is 0 Å². The van der Waals surface area contributed by atoms with Crippen molar-refractivity contribution in [1.29, 1.82) is 0 Å². The lowest BCUT2D eigenvalue weighted by atomic mass is 10.1. The third kappa shape index (κ3) is 5.20. The molecule has 0 spiro atoms. The molecule has 1 aliphatic rings. The summed E-state index contributed by atoms with van der Waals surface area (Å²) in [5.41, 5.74) is 0.921. The highest BCUT2D eigenvalue weighted by Crippen LogP contribution is 2.16. The average Bonchev–Trinajstić information content (AvgIpc) is 2.82. The summed E-state index contributed by atoms with van der Waals surface area (Å²) in [6, 6.07) is 0. The van der Waals surface area contributed by atoms with E-state index in [-0.39, 0.29) is 11.6 Å². The van der Waals surface area contributed by atoms with Crippen LogP contribution in [0.5, 0.6) is 6.08 Å². The van der Waals surface area contributed by atoms with Crippen LogP contribution in [-0.2, 0) is 11.3 Å². The number of rotatable bonds is 5. The molecule has 0 aliphatic carbocycles. The normalized spacial score (nSPS) is 20.5. The molecule has 5 nitrogen and oxygen atoms in total. The lowest BCUT2D eigenvalue weighted by Gasteiger charge is -2.21. The molecule has 0 bridgehead atoms. The van der Waals surface area contributed by atoms with Crippen molar-refractivity contribution in [3.63, 3.8) is 0 Å². The Morgan fingerprint density at radius 3 is 2.95 bits per heavy atom. The summed E-state index contributed by atoms with van der Waals surface area (Å²) >= 11 is 0. The fourth-order valence-electron chi connectivity index (χ4n) is 1.89. The molecular weight excluding hydrogens is 244 g/mol. The van der Waals surface area contributed by atoms with Crippen LogP contribution in [-0.4, -0.2) is 29.8 Å². The van der Waals surface area contributed by atoms with Gasteiger partial charge in [0.2, 0.25) is 0 Å². The molecule has 0 aromatic carbocycles. The van der Waals surface area contributed by atoms with Gasteiger partial charge in [0.15, 0.2) is 0 Å². The van der Waals surface area contributed by atoms with E-state index in [9.17, 15) is 0 Å². The monoisotopic (exact) mass is 268 g/mol. The number of oxazole rings is 1. The van der Waals surface area contributed by atoms with E-state index in [0.29, 0.717) is 19.2 Å². The van der Waals surface area contributed by atoms with Crippen molar-refractivity contribution >= 4 is 0 Å². The molecule has 1 atom stereocenters. The molecular formula is C14H24N2O3. The van der Waals surface area contributed by atoms with E-state index in [1.165, 1.54) is 6.42 Å². The van der Waals surface area contributed by atoms with Crippen LogP contribution in [0.4, 0.5) is 0 Å². The number of nitrogens with one attached hydrogen (secondary N) is 1. The highest BCUT2D eigenvalue weighted by molar-refractivity contribution is 5.00. The van der Waals surface area contributed by atoms with E-state index < -0.39 is 0 Å². The van der Waals surface area contributed by atoms with Gasteiger partial charge >= 0.3 is 6.08 Å². The Kier molecular flexibility index (Phi) is 4.82. The van der Waals surface area contributed by atoms with Crippen molar-refractivity contribution < 1.29 is 13.9 Å². The Morgan fingerprint density at radius 1 is 1.42 bits per heavy atom. The summed E-state index contributed by atoms with van der Waals surface area (Å²) < 4.78 is 16.4. The number of ether oxygens (including phenoxy) is 2. The molecule has 1 aromatic rings. The van der Waals surface area contributed by atoms with Gasteiger partial charge in [-0.25, -0.2) is 0 Å². The van der Waals surface area contributed by atoms with Crippen LogP contribution in [0.25, 0.3) is 0 Å². The largest absolute Gasteiger partial charge is 0.447 e. The van der Waals surface area contributed by atoms with Gasteiger partial charge in [0.25, 0.3) is 0 Å². The van der Waals surface area contributed by atoms with Crippen LogP contribution >= 0.6 is 0 Å². The van der Waals surface area contributed by atoms with E-state index in [4.69, 9.17) is 13.9 Å². The molecule has 2 heterocycles. The summed E-state index contributed by atoms with van der Waals surface area (Å²) in [6.45, 7) is 8.38. The first kappa shape index (κ1) is 14.3. The summed E-state index contributed by atoms with van der Waals surface area (Å²) in [6.07, 6.45) is 5.56. The van der Waals surface area contributed by atoms with Crippen LogP contribution in [0.3, 0.4) is 0 Å². The lowest BCUT2D eigenvalue weighted by molar-refractivity contribution is -0.0167. The van der Waals surface area contributed by atoms with Crippen LogP contribution in [0.15, 0.2) is 10.7 Å². The Hall–Kier alpha value is -1.07. The van der Waals surface area contributed by atoms with E-state index in [2.05, 4.69) is 31.1 Å². The van der Waals surface area contributed by atoms with Crippen LogP contribution < -0.4 is 10.1 Å². The fraction of sp³-hybridized carbons (Fsp3) is 0.786. The van der Waals surface area contributed by atoms with Gasteiger partial charge in [-0.2, -0.15) is 4.98 Å². The van der Waals surface area contributed by atoms with E-state index in [0.717, 1.165) is 25.1 Å². The molecule has 5 heteroatoms. The predicted molar refractivity (Wildman–Crippen MR) is 72.2 cm³/mol. The van der Waals surface area contributed by atoms with Crippen LogP contribution in [0.1, 0.15) is 45.7 Å². The van der Waals surface area contributed by atoms with Crippen LogP contribution in [0.2, 0.25) is 0 Å². The van der Waals surface area contributed by atoms with Gasteiger partial charge in [0.1, 0.15) is 12.9 Å². The maximum atomic E-state index is 5.59. The van der Waals surface area contributed by atoms with Gasteiger partial charge in [0, 0.05) is 18.7 Å². The van der Waals surface area contributed by atoms with E-state index in [1.54, 1.807) is 6.26 Å². The van der Waals surface area contributed by atoms with Gasteiger partial charge < -0.3 is 19.2 Å². The molecule has 1 aromatic heterocycles. The zero-order valence-corrected chi connectivity index (χ0v) is 12.1. The summed E-state index contributed by atoms with van der Waals surface area (Å²) in [5.74, 6) is 0. The number of hydrogen-bond acceptors (Lipinski definition) is 5. The molecule has 19 heavy (non-hydrogen) atoms. The third-order valence-electron chi connectivity index (χ3n) is 3.00. The number of nitrogens with zero attached hydrogens (tertiary/aromatic N) is 1. The van der Waals surface area contributed by atoms with Crippen LogP contribution in [0, 0.1) is 0 Å². The lowest BCUT2D eigenvalue weighted by Crippen LogP contribution is -2.35. The summed E-state index contributed by atoms with van der Waals surface area (Å²) in [5, 5.41) is 3.35. The van der Waals surface area contributed by atoms with Crippen molar-refractivity contribution in [2.75, 3.05) is 13.2 Å². The second-order valence-electron chi connectivity index (χ2n) is 6.01. The molecule has 0 radical (unpaired) electrons. The Labute approximate surface area is 114 Å². The Balaban J connectivity index is 1.74. The molecule has 1 unspecified atom stereocenters. The van der Waals surface area contributed by atoms with E-state index in [1.807, 2.05) is 0 Å². The molecule has 2 rings (SSSR count). The highest BCUT2D eigenvalue weighted by atomic mass is 16.6. The van der Waals surface area contributed by atoms with Gasteiger partial charge in [-0.05, 0) is 40.0 Å². The fourth-order valence-corrected chi connectivity index (χ4v) is 1.89. The maximum absolute atomic E-state index is 5.59. The molecule has 0 saturated carbocycles. The van der Waals surface area contributed by atoms with Gasteiger partial charge in [-0.15, -0.1) is 0 Å². The third-order valence-corrected chi connectivity index (χ3v) is 3.00. The Bertz CT molecular complexity index is 378. The first-order valence-corrected chi connectivity index (χ1v) is 6.97. The molecule has 1 N–H and O–H groups in total. The molecule has 1 saturated heterocycles.